The van der Waals surface area contributed by atoms with Gasteiger partial charge < -0.3 is 10.6 Å². The molecule has 2 N–H and O–H groups in total. The lowest BCUT2D eigenvalue weighted by molar-refractivity contribution is -0.133. The highest BCUT2D eigenvalue weighted by Crippen LogP contribution is 2.08. The number of amides is 1. The monoisotopic (exact) mass is 214 g/mol. The highest BCUT2D eigenvalue weighted by Gasteiger charge is 2.15. The number of nitrogens with two attached hydrogens (primary N) is 1. The normalized spacial score (nSPS) is 12.5. The molecular formula is C12H26N2O. The minimum atomic E-state index is 0.295. The van der Waals surface area contributed by atoms with Gasteiger partial charge in [-0.1, -0.05) is 13.3 Å². The minimum absolute atomic E-state index is 0.295. The van der Waals surface area contributed by atoms with Gasteiger partial charge in [0.25, 0.3) is 0 Å². The molecule has 0 aliphatic heterocycles. The van der Waals surface area contributed by atoms with Crippen molar-refractivity contribution in [2.75, 3.05) is 13.1 Å². The van der Waals surface area contributed by atoms with Gasteiger partial charge in [-0.05, 0) is 39.7 Å². The third-order valence-corrected chi connectivity index (χ3v) is 2.88. The maximum absolute atomic E-state index is 11.8. The zero-order valence-corrected chi connectivity index (χ0v) is 10.5. The minimum Gasteiger partial charge on any atom is -0.340 e. The van der Waals surface area contributed by atoms with Gasteiger partial charge in [-0.25, -0.2) is 0 Å². The Morgan fingerprint density at radius 2 is 1.93 bits per heavy atom. The van der Waals surface area contributed by atoms with Gasteiger partial charge in [0.05, 0.1) is 0 Å². The molecule has 15 heavy (non-hydrogen) atoms. The van der Waals surface area contributed by atoms with Gasteiger partial charge >= 0.3 is 0 Å². The van der Waals surface area contributed by atoms with E-state index >= 15 is 0 Å². The quantitative estimate of drug-likeness (QED) is 0.629. The van der Waals surface area contributed by atoms with E-state index in [1.54, 1.807) is 0 Å². The van der Waals surface area contributed by atoms with Crippen molar-refractivity contribution >= 4 is 5.91 Å². The van der Waals surface area contributed by atoms with E-state index in [2.05, 4.69) is 13.8 Å². The Morgan fingerprint density at radius 1 is 1.27 bits per heavy atom. The summed E-state index contributed by atoms with van der Waals surface area (Å²) >= 11 is 0. The van der Waals surface area contributed by atoms with Crippen LogP contribution in [0.4, 0.5) is 0 Å². The van der Waals surface area contributed by atoms with Crippen LogP contribution in [0.2, 0.25) is 0 Å². The highest BCUT2D eigenvalue weighted by molar-refractivity contribution is 5.76. The van der Waals surface area contributed by atoms with Crippen molar-refractivity contribution in [1.29, 1.82) is 0 Å². The zero-order valence-electron chi connectivity index (χ0n) is 10.5. The average Bonchev–Trinajstić information content (AvgIpc) is 2.25. The first-order chi connectivity index (χ1) is 7.17. The topological polar surface area (TPSA) is 46.3 Å². The standard InChI is InChI=1S/C12H26N2O/c1-4-11(3)14(5-2)12(15)9-7-6-8-10-13/h11H,4-10,13H2,1-3H3. The molecule has 0 bridgehead atoms. The van der Waals surface area contributed by atoms with Crippen LogP contribution in [-0.2, 0) is 4.79 Å². The molecule has 0 saturated carbocycles. The summed E-state index contributed by atoms with van der Waals surface area (Å²) in [7, 11) is 0. The lowest BCUT2D eigenvalue weighted by Crippen LogP contribution is -2.37. The van der Waals surface area contributed by atoms with E-state index in [1.165, 1.54) is 0 Å². The molecule has 0 heterocycles. The van der Waals surface area contributed by atoms with Gasteiger partial charge in [-0.15, -0.1) is 0 Å². The van der Waals surface area contributed by atoms with E-state index in [9.17, 15) is 4.79 Å². The fourth-order valence-electron chi connectivity index (χ4n) is 1.70. The third kappa shape index (κ3) is 5.78. The fraction of sp³-hybridized carbons (Fsp3) is 0.917. The largest absolute Gasteiger partial charge is 0.340 e. The van der Waals surface area contributed by atoms with Gasteiger partial charge in [-0.2, -0.15) is 0 Å². The number of carbonyl (C=O) groups excluding carboxylic acids is 1. The van der Waals surface area contributed by atoms with Gasteiger partial charge in [-0.3, -0.25) is 4.79 Å². The van der Waals surface area contributed by atoms with Crippen LogP contribution in [-0.4, -0.2) is 29.9 Å². The van der Waals surface area contributed by atoms with Gasteiger partial charge in [0.1, 0.15) is 0 Å². The molecule has 0 saturated heterocycles. The molecule has 0 aliphatic rings. The Hall–Kier alpha value is -0.570. The van der Waals surface area contributed by atoms with E-state index in [1.807, 2.05) is 11.8 Å². The summed E-state index contributed by atoms with van der Waals surface area (Å²) in [4.78, 5) is 13.8. The van der Waals surface area contributed by atoms with Crippen LogP contribution in [0.25, 0.3) is 0 Å². The Morgan fingerprint density at radius 3 is 2.40 bits per heavy atom. The molecule has 1 amide bonds. The number of carbonyl (C=O) groups is 1. The van der Waals surface area contributed by atoms with Crippen molar-refractivity contribution in [3.05, 3.63) is 0 Å². The molecule has 3 nitrogen and oxygen atoms in total. The maximum atomic E-state index is 11.8. The number of hydrogen-bond donors (Lipinski definition) is 1. The molecule has 0 aliphatic carbocycles. The molecule has 0 aromatic rings. The second-order valence-electron chi connectivity index (χ2n) is 4.04. The second-order valence-corrected chi connectivity index (χ2v) is 4.04. The number of unbranched alkanes of at least 4 members (excludes halogenated alkanes) is 2. The summed E-state index contributed by atoms with van der Waals surface area (Å²) in [5.74, 6) is 0.295. The van der Waals surface area contributed by atoms with E-state index < -0.39 is 0 Å². The Kier molecular flexibility index (Phi) is 8.38. The highest BCUT2D eigenvalue weighted by atomic mass is 16.2. The van der Waals surface area contributed by atoms with E-state index in [0.29, 0.717) is 18.4 Å². The first-order valence-corrected chi connectivity index (χ1v) is 6.16. The van der Waals surface area contributed by atoms with Crippen molar-refractivity contribution < 1.29 is 4.79 Å². The van der Waals surface area contributed by atoms with Crippen molar-refractivity contribution in [2.45, 2.75) is 58.9 Å². The summed E-state index contributed by atoms with van der Waals surface area (Å²) < 4.78 is 0. The molecule has 0 aromatic heterocycles. The molecule has 0 rings (SSSR count). The summed E-state index contributed by atoms with van der Waals surface area (Å²) in [5.41, 5.74) is 5.41. The van der Waals surface area contributed by atoms with E-state index in [0.717, 1.165) is 38.8 Å². The number of rotatable bonds is 8. The predicted molar refractivity (Wildman–Crippen MR) is 64.7 cm³/mol. The first-order valence-electron chi connectivity index (χ1n) is 6.16. The SMILES string of the molecule is CCC(C)N(CC)C(=O)CCCCCN. The lowest BCUT2D eigenvalue weighted by atomic mass is 10.1. The van der Waals surface area contributed by atoms with Crippen LogP contribution in [0.3, 0.4) is 0 Å². The van der Waals surface area contributed by atoms with Gasteiger partial charge in [0.15, 0.2) is 0 Å². The molecule has 0 spiro atoms. The molecule has 0 aromatic carbocycles. The molecule has 1 atom stereocenters. The van der Waals surface area contributed by atoms with Crippen LogP contribution in [0.1, 0.15) is 52.9 Å². The van der Waals surface area contributed by atoms with Crippen LogP contribution in [0.5, 0.6) is 0 Å². The van der Waals surface area contributed by atoms with E-state index in [-0.39, 0.29) is 0 Å². The first kappa shape index (κ1) is 14.4. The Bertz CT molecular complexity index is 171. The Labute approximate surface area is 94.0 Å². The maximum Gasteiger partial charge on any atom is 0.222 e. The molecule has 0 fully saturated rings. The average molecular weight is 214 g/mol. The van der Waals surface area contributed by atoms with Gasteiger partial charge in [0.2, 0.25) is 5.91 Å². The summed E-state index contributed by atoms with van der Waals surface area (Å²) in [6.07, 6.45) is 4.78. The molecule has 3 heteroatoms. The van der Waals surface area contributed by atoms with Crippen molar-refractivity contribution in [1.82, 2.24) is 4.90 Å². The fourth-order valence-corrected chi connectivity index (χ4v) is 1.70. The summed E-state index contributed by atoms with van der Waals surface area (Å²) in [6.45, 7) is 7.84. The summed E-state index contributed by atoms with van der Waals surface area (Å²) in [5, 5.41) is 0. The van der Waals surface area contributed by atoms with Crippen molar-refractivity contribution in [3.63, 3.8) is 0 Å². The van der Waals surface area contributed by atoms with Crippen molar-refractivity contribution in [3.8, 4) is 0 Å². The predicted octanol–water partition coefficient (Wildman–Crippen LogP) is 2.15. The summed E-state index contributed by atoms with van der Waals surface area (Å²) in [6, 6.07) is 0.372. The smallest absolute Gasteiger partial charge is 0.222 e. The lowest BCUT2D eigenvalue weighted by Gasteiger charge is -2.27. The number of nitrogens with zero attached hydrogens (tertiary/aromatic N) is 1. The molecule has 90 valence electrons. The number of hydrogen-bond acceptors (Lipinski definition) is 2. The molecule has 1 unspecified atom stereocenters. The van der Waals surface area contributed by atoms with Gasteiger partial charge in [0, 0.05) is 19.0 Å². The van der Waals surface area contributed by atoms with Crippen LogP contribution in [0.15, 0.2) is 0 Å². The Balaban J connectivity index is 3.83. The van der Waals surface area contributed by atoms with Crippen LogP contribution >= 0.6 is 0 Å². The van der Waals surface area contributed by atoms with Crippen LogP contribution in [0, 0.1) is 0 Å². The van der Waals surface area contributed by atoms with Crippen LogP contribution < -0.4 is 5.73 Å². The van der Waals surface area contributed by atoms with Crippen molar-refractivity contribution in [2.24, 2.45) is 5.73 Å². The second kappa shape index (κ2) is 8.72. The zero-order chi connectivity index (χ0) is 11.7. The molecule has 0 radical (unpaired) electrons. The third-order valence-electron chi connectivity index (χ3n) is 2.88. The van der Waals surface area contributed by atoms with E-state index in [4.69, 9.17) is 5.73 Å². The molecular weight excluding hydrogens is 188 g/mol.